The Morgan fingerprint density at radius 3 is 2.44 bits per heavy atom. The number of benzene rings is 2. The molecule has 0 spiro atoms. The van der Waals surface area contributed by atoms with Gasteiger partial charge in [-0.05, 0) is 49.2 Å². The van der Waals surface area contributed by atoms with Crippen LogP contribution in [-0.4, -0.2) is 36.7 Å². The fraction of sp³-hybridized carbons (Fsp3) is 0.250. The lowest BCUT2D eigenvalue weighted by molar-refractivity contribution is -0.118. The molecule has 6 nitrogen and oxygen atoms in total. The van der Waals surface area contributed by atoms with Gasteiger partial charge in [0.25, 0.3) is 5.91 Å². The Hall–Kier alpha value is -2.80. The van der Waals surface area contributed by atoms with Crippen LogP contribution in [0, 0.1) is 0 Å². The van der Waals surface area contributed by atoms with Crippen molar-refractivity contribution in [2.45, 2.75) is 23.8 Å². The highest BCUT2D eigenvalue weighted by molar-refractivity contribution is 8.00. The highest BCUT2D eigenvalue weighted by Gasteiger charge is 2.23. The van der Waals surface area contributed by atoms with Gasteiger partial charge >= 0.3 is 5.97 Å². The molecule has 1 saturated carbocycles. The zero-order chi connectivity index (χ0) is 19.2. The first-order valence-corrected chi connectivity index (χ1v) is 9.56. The SMILES string of the molecule is COC(=O)c1ccc(NC(=O)c2ccccc2SCC(=O)NC2CC2)cc1. The Bertz CT molecular complexity index is 847. The predicted molar refractivity (Wildman–Crippen MR) is 104 cm³/mol. The molecule has 0 saturated heterocycles. The van der Waals surface area contributed by atoms with Crippen LogP contribution in [0.5, 0.6) is 0 Å². The molecule has 27 heavy (non-hydrogen) atoms. The summed E-state index contributed by atoms with van der Waals surface area (Å²) in [6, 6.07) is 13.9. The van der Waals surface area contributed by atoms with Gasteiger partial charge in [0.05, 0.1) is 24.0 Å². The second-order valence-corrected chi connectivity index (χ2v) is 7.17. The van der Waals surface area contributed by atoms with Gasteiger partial charge in [0.2, 0.25) is 5.91 Å². The summed E-state index contributed by atoms with van der Waals surface area (Å²) in [5, 5.41) is 5.74. The molecule has 1 aliphatic carbocycles. The number of carbonyl (C=O) groups is 3. The van der Waals surface area contributed by atoms with E-state index >= 15 is 0 Å². The lowest BCUT2D eigenvalue weighted by Gasteiger charge is -2.10. The van der Waals surface area contributed by atoms with Crippen LogP contribution in [0.25, 0.3) is 0 Å². The van der Waals surface area contributed by atoms with E-state index in [4.69, 9.17) is 0 Å². The van der Waals surface area contributed by atoms with Crippen LogP contribution in [0.3, 0.4) is 0 Å². The molecule has 0 atom stereocenters. The van der Waals surface area contributed by atoms with E-state index < -0.39 is 5.97 Å². The number of carbonyl (C=O) groups excluding carboxylic acids is 3. The quantitative estimate of drug-likeness (QED) is 0.566. The minimum absolute atomic E-state index is 0.0175. The third-order valence-electron chi connectivity index (χ3n) is 4.00. The van der Waals surface area contributed by atoms with E-state index in [-0.39, 0.29) is 17.6 Å². The van der Waals surface area contributed by atoms with E-state index in [1.165, 1.54) is 18.9 Å². The molecule has 3 rings (SSSR count). The van der Waals surface area contributed by atoms with E-state index in [9.17, 15) is 14.4 Å². The van der Waals surface area contributed by atoms with Crippen molar-refractivity contribution >= 4 is 35.2 Å². The molecule has 0 aliphatic heterocycles. The van der Waals surface area contributed by atoms with Gasteiger partial charge in [-0.25, -0.2) is 4.79 Å². The van der Waals surface area contributed by atoms with Gasteiger partial charge in [-0.1, -0.05) is 12.1 Å². The summed E-state index contributed by atoms with van der Waals surface area (Å²) in [6.45, 7) is 0. The van der Waals surface area contributed by atoms with E-state index in [0.717, 1.165) is 17.7 Å². The lowest BCUT2D eigenvalue weighted by atomic mass is 10.2. The molecule has 0 heterocycles. The van der Waals surface area contributed by atoms with E-state index in [1.54, 1.807) is 36.4 Å². The van der Waals surface area contributed by atoms with E-state index in [0.29, 0.717) is 22.9 Å². The zero-order valence-electron chi connectivity index (χ0n) is 14.9. The maximum atomic E-state index is 12.6. The number of esters is 1. The van der Waals surface area contributed by atoms with Crippen LogP contribution in [0.1, 0.15) is 33.6 Å². The zero-order valence-corrected chi connectivity index (χ0v) is 15.7. The number of thioether (sulfide) groups is 1. The number of ether oxygens (including phenoxy) is 1. The van der Waals surface area contributed by atoms with Crippen LogP contribution < -0.4 is 10.6 Å². The number of methoxy groups -OCH3 is 1. The smallest absolute Gasteiger partial charge is 0.337 e. The van der Waals surface area contributed by atoms with Crippen LogP contribution in [0.4, 0.5) is 5.69 Å². The minimum Gasteiger partial charge on any atom is -0.465 e. The standard InChI is InChI=1S/C20H20N2O4S/c1-26-20(25)13-6-8-15(9-7-13)22-19(24)16-4-2-3-5-17(16)27-12-18(23)21-14-10-11-14/h2-9,14H,10-12H2,1H3,(H,21,23)(H,22,24). The summed E-state index contributed by atoms with van der Waals surface area (Å²) in [7, 11) is 1.32. The van der Waals surface area contributed by atoms with Crippen molar-refractivity contribution in [3.05, 3.63) is 59.7 Å². The Morgan fingerprint density at radius 2 is 1.78 bits per heavy atom. The van der Waals surface area contributed by atoms with Crippen molar-refractivity contribution in [1.29, 1.82) is 0 Å². The third kappa shape index (κ3) is 5.34. The van der Waals surface area contributed by atoms with Crippen LogP contribution in [0.15, 0.2) is 53.4 Å². The van der Waals surface area contributed by atoms with Crippen molar-refractivity contribution in [2.75, 3.05) is 18.2 Å². The summed E-state index contributed by atoms with van der Waals surface area (Å²) in [4.78, 5) is 36.7. The molecule has 1 fully saturated rings. The van der Waals surface area contributed by atoms with Crippen molar-refractivity contribution < 1.29 is 19.1 Å². The monoisotopic (exact) mass is 384 g/mol. The lowest BCUT2D eigenvalue weighted by Crippen LogP contribution is -2.27. The number of hydrogen-bond acceptors (Lipinski definition) is 5. The molecule has 2 aromatic rings. The first-order valence-electron chi connectivity index (χ1n) is 8.57. The average Bonchev–Trinajstić information content (AvgIpc) is 3.50. The second-order valence-electron chi connectivity index (χ2n) is 6.15. The van der Waals surface area contributed by atoms with E-state index in [2.05, 4.69) is 15.4 Å². The highest BCUT2D eigenvalue weighted by atomic mass is 32.2. The summed E-state index contributed by atoms with van der Waals surface area (Å²) in [5.41, 5.74) is 1.48. The maximum Gasteiger partial charge on any atom is 0.337 e. The first kappa shape index (κ1) is 19.0. The highest BCUT2D eigenvalue weighted by Crippen LogP contribution is 2.25. The number of amides is 2. The maximum absolute atomic E-state index is 12.6. The van der Waals surface area contributed by atoms with E-state index in [1.807, 2.05) is 12.1 Å². The molecule has 2 amide bonds. The molecule has 0 aromatic heterocycles. The fourth-order valence-corrected chi connectivity index (χ4v) is 3.29. The van der Waals surface area contributed by atoms with Crippen LogP contribution >= 0.6 is 11.8 Å². The Balaban J connectivity index is 1.63. The molecular weight excluding hydrogens is 364 g/mol. The Morgan fingerprint density at radius 1 is 1.07 bits per heavy atom. The number of hydrogen-bond donors (Lipinski definition) is 2. The minimum atomic E-state index is -0.431. The molecule has 0 radical (unpaired) electrons. The third-order valence-corrected chi connectivity index (χ3v) is 5.07. The van der Waals surface area contributed by atoms with Gasteiger partial charge in [0, 0.05) is 16.6 Å². The molecule has 0 unspecified atom stereocenters. The van der Waals surface area contributed by atoms with Crippen molar-refractivity contribution in [1.82, 2.24) is 5.32 Å². The summed E-state index contributed by atoms with van der Waals surface area (Å²) in [6.07, 6.45) is 2.09. The Kier molecular flexibility index (Phi) is 6.13. The second kappa shape index (κ2) is 8.73. The van der Waals surface area contributed by atoms with Gasteiger partial charge < -0.3 is 15.4 Å². The van der Waals surface area contributed by atoms with Gasteiger partial charge in [0.1, 0.15) is 0 Å². The van der Waals surface area contributed by atoms with Crippen LogP contribution in [0.2, 0.25) is 0 Å². The molecule has 2 aromatic carbocycles. The van der Waals surface area contributed by atoms with Gasteiger partial charge in [-0.3, -0.25) is 9.59 Å². The van der Waals surface area contributed by atoms with Gasteiger partial charge in [-0.15, -0.1) is 11.8 Å². The summed E-state index contributed by atoms with van der Waals surface area (Å²) < 4.78 is 4.65. The molecule has 140 valence electrons. The topological polar surface area (TPSA) is 84.5 Å². The predicted octanol–water partition coefficient (Wildman–Crippen LogP) is 3.10. The molecule has 1 aliphatic rings. The van der Waals surface area contributed by atoms with Crippen molar-refractivity contribution in [3.8, 4) is 0 Å². The molecule has 2 N–H and O–H groups in total. The molecule has 0 bridgehead atoms. The summed E-state index contributed by atoms with van der Waals surface area (Å²) in [5.74, 6) is -0.448. The molecular formula is C20H20N2O4S. The fourth-order valence-electron chi connectivity index (χ4n) is 2.43. The van der Waals surface area contributed by atoms with Gasteiger partial charge in [-0.2, -0.15) is 0 Å². The Labute approximate surface area is 161 Å². The van der Waals surface area contributed by atoms with Crippen LogP contribution in [-0.2, 0) is 9.53 Å². The van der Waals surface area contributed by atoms with Crippen molar-refractivity contribution in [3.63, 3.8) is 0 Å². The number of anilines is 1. The number of rotatable bonds is 7. The molecule has 7 heteroatoms. The van der Waals surface area contributed by atoms with Gasteiger partial charge in [0.15, 0.2) is 0 Å². The largest absolute Gasteiger partial charge is 0.465 e. The summed E-state index contributed by atoms with van der Waals surface area (Å²) >= 11 is 1.34. The first-order chi connectivity index (χ1) is 13.1. The average molecular weight is 384 g/mol. The van der Waals surface area contributed by atoms with Crippen molar-refractivity contribution in [2.24, 2.45) is 0 Å². The normalized spacial score (nSPS) is 12.9. The number of nitrogens with one attached hydrogen (secondary N) is 2.